The van der Waals surface area contributed by atoms with Crippen LogP contribution in [0.1, 0.15) is 148 Å². The molecule has 0 saturated heterocycles. The summed E-state index contributed by atoms with van der Waals surface area (Å²) in [5.74, 6) is -4.38. The van der Waals surface area contributed by atoms with Gasteiger partial charge in [0, 0.05) is 85.9 Å². The van der Waals surface area contributed by atoms with Crippen LogP contribution in [0.4, 0.5) is 21.4 Å². The van der Waals surface area contributed by atoms with Crippen molar-refractivity contribution in [1.82, 2.24) is 40.2 Å². The topological polar surface area (TPSA) is 314 Å². The van der Waals surface area contributed by atoms with Gasteiger partial charge >= 0.3 is 18.0 Å². The highest BCUT2D eigenvalue weighted by atomic mass is 32.1. The van der Waals surface area contributed by atoms with Crippen LogP contribution in [0.3, 0.4) is 0 Å². The molecule has 5 heterocycles. The van der Waals surface area contributed by atoms with Crippen molar-refractivity contribution in [2.45, 2.75) is 156 Å². The third-order valence-electron chi connectivity index (χ3n) is 21.3. The van der Waals surface area contributed by atoms with E-state index in [2.05, 4.69) is 40.1 Å². The van der Waals surface area contributed by atoms with E-state index in [9.17, 15) is 53.4 Å². The van der Waals surface area contributed by atoms with Crippen LogP contribution in [-0.2, 0) is 64.4 Å². The van der Waals surface area contributed by atoms with E-state index in [0.717, 1.165) is 70.5 Å². The average Bonchev–Trinajstić information content (AvgIpc) is 1.46. The summed E-state index contributed by atoms with van der Waals surface area (Å²) >= 11 is 1.41. The van der Waals surface area contributed by atoms with Crippen molar-refractivity contribution in [1.29, 1.82) is 0 Å². The number of para-hydroxylation sites is 1. The van der Waals surface area contributed by atoms with Gasteiger partial charge in [0.2, 0.25) is 17.7 Å². The molecular weight excluding hydrogens is 1260 g/mol. The third kappa shape index (κ3) is 13.6. The number of carbonyl (C=O) groups excluding carboxylic acids is 7. The van der Waals surface area contributed by atoms with Gasteiger partial charge < -0.3 is 45.4 Å². The van der Waals surface area contributed by atoms with Crippen molar-refractivity contribution in [2.24, 2.45) is 27.6 Å². The summed E-state index contributed by atoms with van der Waals surface area (Å²) in [5.41, 5.74) is 5.49. The Morgan fingerprint density at radius 3 is 2.27 bits per heavy atom. The maximum absolute atomic E-state index is 13.8. The number of nitrogens with zero attached hydrogens (tertiary/aromatic N) is 7. The second kappa shape index (κ2) is 26.9. The fourth-order valence-corrected chi connectivity index (χ4v) is 18.0. The third-order valence-corrected chi connectivity index (χ3v) is 22.2. The Morgan fingerprint density at radius 2 is 1.53 bits per heavy atom. The van der Waals surface area contributed by atoms with E-state index in [1.54, 1.807) is 50.4 Å². The zero-order valence-corrected chi connectivity index (χ0v) is 56.4. The molecule has 7 amide bonds. The van der Waals surface area contributed by atoms with Crippen LogP contribution in [0.25, 0.3) is 21.3 Å². The lowest BCUT2D eigenvalue weighted by Crippen LogP contribution is -2.57. The van der Waals surface area contributed by atoms with Gasteiger partial charge in [-0.2, -0.15) is 5.10 Å². The Bertz CT molecular complexity index is 4120. The molecule has 3 aromatic carbocycles. The van der Waals surface area contributed by atoms with Crippen molar-refractivity contribution in [3.63, 3.8) is 0 Å². The molecule has 6 aliphatic rings. The molecule has 510 valence electrons. The standard InChI is InChI=1S/C72H83N11O13S/c1-43(2)60(78-56(84)17-8-7-11-28-82-57(85)24-25-58(82)86)64(91)74-44(3)62(89)75-48-20-18-46(19-21-48)35-95-67(94)80(30-27-59(87)88)31-32-96-71-38-69(6)36-68(5)37-70(39-71,40-72(68,69)41-71)42-83-45(4)51(33-73-83)49-22-23-55(77-61(49)65(92)93)81-29-26-47-13-12-14-50(52(47)34-81)63(90)79-66-76-53-15-9-10-16-54(53)97-66/h9-10,12-16,18-25,33,43-44,60H,7-8,11,17,26-32,34-42H2,1-6H3,(H,74,91)(H,75,89)(H,78,84)(H,87,88)(H,92,93)(H,76,79,90)/t44-,60-,68?,69?,70?,71?,72?/m0/s1. The Hall–Kier alpha value is -9.36. The van der Waals surface area contributed by atoms with E-state index in [1.165, 1.54) is 35.3 Å². The fraction of sp³-hybridized carbons (Fsp3) is 0.472. The number of hydrogen-bond acceptors (Lipinski definition) is 16. The van der Waals surface area contributed by atoms with Gasteiger partial charge in [-0.3, -0.25) is 48.5 Å². The summed E-state index contributed by atoms with van der Waals surface area (Å²) < 4.78 is 15.8. The van der Waals surface area contributed by atoms with E-state index < -0.39 is 47.5 Å². The van der Waals surface area contributed by atoms with Gasteiger partial charge in [0.05, 0.1) is 35.0 Å². The normalized spacial score (nSPS) is 23.2. The van der Waals surface area contributed by atoms with Gasteiger partial charge in [-0.15, -0.1) is 0 Å². The van der Waals surface area contributed by atoms with Gasteiger partial charge in [-0.25, -0.2) is 19.6 Å². The first kappa shape index (κ1) is 67.6. The van der Waals surface area contributed by atoms with Crippen molar-refractivity contribution in [3.05, 3.63) is 131 Å². The zero-order chi connectivity index (χ0) is 68.8. The number of imide groups is 1. The minimum Gasteiger partial charge on any atom is -0.481 e. The molecule has 4 saturated carbocycles. The number of anilines is 3. The van der Waals surface area contributed by atoms with Crippen LogP contribution in [0.2, 0.25) is 0 Å². The molecule has 6 aromatic rings. The molecule has 97 heavy (non-hydrogen) atoms. The number of benzene rings is 3. The molecule has 25 heteroatoms. The number of unbranched alkanes of at least 4 members (excludes halogenated alkanes) is 2. The molecule has 24 nitrogen and oxygen atoms in total. The molecule has 1 spiro atoms. The first-order chi connectivity index (χ1) is 46.3. The predicted octanol–water partition coefficient (Wildman–Crippen LogP) is 9.70. The maximum Gasteiger partial charge on any atom is 0.410 e. The largest absolute Gasteiger partial charge is 0.481 e. The summed E-state index contributed by atoms with van der Waals surface area (Å²) in [7, 11) is 0. The van der Waals surface area contributed by atoms with Gasteiger partial charge in [-0.05, 0) is 158 Å². The van der Waals surface area contributed by atoms with E-state index in [-0.39, 0.29) is 103 Å². The highest BCUT2D eigenvalue weighted by Gasteiger charge is 2.84. The highest BCUT2D eigenvalue weighted by molar-refractivity contribution is 7.22. The minimum atomic E-state index is -1.17. The van der Waals surface area contributed by atoms with E-state index in [4.69, 9.17) is 19.6 Å². The number of fused-ring (bicyclic) bond motifs is 4. The van der Waals surface area contributed by atoms with Crippen molar-refractivity contribution in [3.8, 4) is 11.1 Å². The first-order valence-electron chi connectivity index (χ1n) is 33.4. The van der Waals surface area contributed by atoms with Crippen LogP contribution < -0.4 is 26.2 Å². The summed E-state index contributed by atoms with van der Waals surface area (Å²) in [4.78, 5) is 130. The fourth-order valence-electron chi connectivity index (χ4n) is 17.2. The highest BCUT2D eigenvalue weighted by Crippen LogP contribution is 2.89. The molecule has 0 radical (unpaired) electrons. The maximum atomic E-state index is 13.8. The lowest BCUT2D eigenvalue weighted by molar-refractivity contribution is -0.158. The monoisotopic (exact) mass is 1340 g/mol. The van der Waals surface area contributed by atoms with Crippen LogP contribution in [0.5, 0.6) is 0 Å². The number of rotatable bonds is 28. The molecule has 7 atom stereocenters. The van der Waals surface area contributed by atoms with E-state index >= 15 is 0 Å². The Balaban J connectivity index is 0.643. The number of carboxylic acids is 2. The molecule has 4 aliphatic carbocycles. The molecule has 12 rings (SSSR count). The van der Waals surface area contributed by atoms with Gasteiger partial charge in [0.15, 0.2) is 10.8 Å². The molecular formula is C72H83N11O13S. The lowest BCUT2D eigenvalue weighted by Gasteiger charge is -2.64. The predicted molar refractivity (Wildman–Crippen MR) is 361 cm³/mol. The Morgan fingerprint density at radius 1 is 0.763 bits per heavy atom. The van der Waals surface area contributed by atoms with Crippen molar-refractivity contribution in [2.75, 3.05) is 48.3 Å². The number of aromatic carboxylic acids is 1. The van der Waals surface area contributed by atoms with Crippen LogP contribution in [0.15, 0.2) is 97.2 Å². The SMILES string of the molecule is Cc1c(-c2ccc(N3CCc4cccc(C(=O)Nc5nc6ccccc6s5)c4C3)nc2C(=O)O)cnn1CC12CC3(OCCN(CCC(=O)O)C(=O)OCc4ccc(NC(=O)[C@H](C)NC(=O)[C@@H](NC(=O)CCCCCN5C(=O)C=CC5=O)C(C)C)cc4)CC4(C)CC(C)(C1)C4(C2)C3. The minimum absolute atomic E-state index is 0.0192. The quantitative estimate of drug-likeness (QED) is 0.0197. The van der Waals surface area contributed by atoms with Crippen LogP contribution in [0, 0.1) is 34.5 Å². The van der Waals surface area contributed by atoms with Crippen molar-refractivity contribution < 1.29 is 62.8 Å². The number of ether oxygens (including phenoxy) is 2. The number of hydrogen-bond donors (Lipinski definition) is 6. The second-order valence-electron chi connectivity index (χ2n) is 28.4. The summed E-state index contributed by atoms with van der Waals surface area (Å²) in [6, 6.07) is 21.8. The molecule has 4 fully saturated rings. The summed E-state index contributed by atoms with van der Waals surface area (Å²) in [6.45, 7) is 13.6. The number of nitrogens with one attached hydrogen (secondary N) is 4. The van der Waals surface area contributed by atoms with Crippen molar-refractivity contribution >= 4 is 91.7 Å². The summed E-state index contributed by atoms with van der Waals surface area (Å²) in [5, 5.41) is 37.2. The first-order valence-corrected chi connectivity index (χ1v) is 34.2. The van der Waals surface area contributed by atoms with Crippen LogP contribution >= 0.6 is 11.3 Å². The number of amides is 7. The molecule has 6 N–H and O–H groups in total. The van der Waals surface area contributed by atoms with E-state index in [1.807, 2.05) is 65.0 Å². The molecule has 3 bridgehead atoms. The van der Waals surface area contributed by atoms with Crippen LogP contribution in [-0.4, -0.2) is 144 Å². The number of carboxylic acid groups (broad SMARTS) is 2. The number of carbonyl (C=O) groups is 9. The van der Waals surface area contributed by atoms with Gasteiger partial charge in [-0.1, -0.05) is 81.9 Å². The Labute approximate surface area is 565 Å². The van der Waals surface area contributed by atoms with Gasteiger partial charge in [0.25, 0.3) is 17.7 Å². The molecule has 2 aliphatic heterocycles. The lowest BCUT2D eigenvalue weighted by atomic mass is 9.40. The molecule has 5 unspecified atom stereocenters. The number of pyridine rings is 1. The van der Waals surface area contributed by atoms with E-state index in [0.29, 0.717) is 84.2 Å². The Kier molecular flexibility index (Phi) is 18.8. The molecule has 3 aromatic heterocycles. The zero-order valence-electron chi connectivity index (χ0n) is 55.5. The second-order valence-corrected chi connectivity index (χ2v) is 29.4. The smallest absolute Gasteiger partial charge is 0.410 e. The number of aromatic nitrogens is 4. The van der Waals surface area contributed by atoms with Gasteiger partial charge in [0.1, 0.15) is 24.5 Å². The average molecular weight is 1340 g/mol. The number of aliphatic carboxylic acids is 1. The summed E-state index contributed by atoms with van der Waals surface area (Å²) in [6.07, 6.45) is 11.1. The number of thiazole rings is 1.